The van der Waals surface area contributed by atoms with Crippen molar-refractivity contribution in [2.24, 2.45) is 0 Å². The smallest absolute Gasteiger partial charge is 0.284 e. The van der Waals surface area contributed by atoms with Crippen LogP contribution in [0.25, 0.3) is 4.85 Å². The highest BCUT2D eigenvalue weighted by molar-refractivity contribution is 9.10. The molecule has 0 amide bonds. The van der Waals surface area contributed by atoms with Gasteiger partial charge in [-0.05, 0) is 28.1 Å². The minimum absolute atomic E-state index is 0.00185. The molecule has 0 heterocycles. The van der Waals surface area contributed by atoms with Crippen molar-refractivity contribution < 1.29 is 4.92 Å². The summed E-state index contributed by atoms with van der Waals surface area (Å²) in [5.74, 6) is 0. The van der Waals surface area contributed by atoms with Crippen LogP contribution in [0.15, 0.2) is 22.7 Å². The summed E-state index contributed by atoms with van der Waals surface area (Å²) in [6.45, 7) is 8.53. The molecule has 1 aromatic rings. The highest BCUT2D eigenvalue weighted by Crippen LogP contribution is 2.29. The summed E-state index contributed by atoms with van der Waals surface area (Å²) in [4.78, 5) is 13.4. The third kappa shape index (κ3) is 2.09. The number of benzene rings is 1. The molecule has 0 N–H and O–H groups in total. The number of nitro groups is 1. The van der Waals surface area contributed by atoms with Crippen LogP contribution in [0.5, 0.6) is 0 Å². The third-order valence-corrected chi connectivity index (χ3v) is 2.51. The first-order chi connectivity index (χ1) is 6.56. The summed E-state index contributed by atoms with van der Waals surface area (Å²) in [6.07, 6.45) is 0. The Morgan fingerprint density at radius 3 is 2.79 bits per heavy atom. The Kier molecular flexibility index (Phi) is 3.20. The summed E-state index contributed by atoms with van der Waals surface area (Å²) in [5, 5.41) is 10.6. The number of nitro benzene ring substituents is 1. The first-order valence-electron chi connectivity index (χ1n) is 3.86. The van der Waals surface area contributed by atoms with Gasteiger partial charge in [-0.1, -0.05) is 0 Å². The second kappa shape index (κ2) is 4.20. The fourth-order valence-corrected chi connectivity index (χ4v) is 1.40. The summed E-state index contributed by atoms with van der Waals surface area (Å²) < 4.78 is 0.434. The maximum atomic E-state index is 10.6. The molecule has 0 bridgehead atoms. The molecule has 0 saturated carbocycles. The van der Waals surface area contributed by atoms with Gasteiger partial charge >= 0.3 is 0 Å². The zero-order valence-electron chi connectivity index (χ0n) is 7.40. The Morgan fingerprint density at radius 2 is 2.29 bits per heavy atom. The van der Waals surface area contributed by atoms with E-state index in [1.807, 2.05) is 0 Å². The second-order valence-electron chi connectivity index (χ2n) is 2.77. The van der Waals surface area contributed by atoms with E-state index in [-0.39, 0.29) is 11.7 Å². The lowest BCUT2D eigenvalue weighted by Crippen LogP contribution is -1.93. The van der Waals surface area contributed by atoms with Gasteiger partial charge in [0.15, 0.2) is 0 Å². The first kappa shape index (κ1) is 10.7. The lowest BCUT2D eigenvalue weighted by atomic mass is 10.1. The summed E-state index contributed by atoms with van der Waals surface area (Å²) in [6, 6.07) is 4.38. The molecule has 0 spiro atoms. The summed E-state index contributed by atoms with van der Waals surface area (Å²) in [5.41, 5.74) is 0.660. The minimum Gasteiger partial charge on any atom is -0.309 e. The van der Waals surface area contributed by atoms with E-state index in [4.69, 9.17) is 6.57 Å². The molecule has 1 atom stereocenters. The van der Waals surface area contributed by atoms with Crippen molar-refractivity contribution in [2.75, 3.05) is 0 Å². The summed E-state index contributed by atoms with van der Waals surface area (Å²) in [7, 11) is 0. The Bertz CT molecular complexity index is 412. The van der Waals surface area contributed by atoms with Crippen molar-refractivity contribution in [3.8, 4) is 0 Å². The van der Waals surface area contributed by atoms with Gasteiger partial charge in [0.25, 0.3) is 5.69 Å². The number of hydrogen-bond acceptors (Lipinski definition) is 2. The molecule has 0 saturated heterocycles. The van der Waals surface area contributed by atoms with E-state index >= 15 is 0 Å². The van der Waals surface area contributed by atoms with Crippen molar-refractivity contribution in [2.45, 2.75) is 13.0 Å². The van der Waals surface area contributed by atoms with Gasteiger partial charge in [0.2, 0.25) is 6.04 Å². The molecule has 4 nitrogen and oxygen atoms in total. The van der Waals surface area contributed by atoms with Crippen LogP contribution in [-0.4, -0.2) is 4.92 Å². The van der Waals surface area contributed by atoms with Crippen LogP contribution >= 0.6 is 15.9 Å². The third-order valence-electron chi connectivity index (χ3n) is 1.84. The standard InChI is InChI=1S/C9H7BrN2O2/c1-6(11-2)7-3-4-8(10)9(5-7)12(13)14/h3-6H,1H3. The molecule has 1 aromatic carbocycles. The highest BCUT2D eigenvalue weighted by Gasteiger charge is 2.16. The molecule has 0 fully saturated rings. The van der Waals surface area contributed by atoms with Crippen LogP contribution < -0.4 is 0 Å². The van der Waals surface area contributed by atoms with E-state index in [9.17, 15) is 10.1 Å². The lowest BCUT2D eigenvalue weighted by Gasteiger charge is -2.00. The summed E-state index contributed by atoms with van der Waals surface area (Å²) >= 11 is 3.08. The zero-order valence-corrected chi connectivity index (χ0v) is 8.98. The average molecular weight is 255 g/mol. The second-order valence-corrected chi connectivity index (χ2v) is 3.63. The zero-order chi connectivity index (χ0) is 10.7. The van der Waals surface area contributed by atoms with E-state index in [0.717, 1.165) is 0 Å². The van der Waals surface area contributed by atoms with Gasteiger partial charge in [0, 0.05) is 18.6 Å². The van der Waals surface area contributed by atoms with Crippen molar-refractivity contribution in [3.05, 3.63) is 49.8 Å². The van der Waals surface area contributed by atoms with Gasteiger partial charge in [-0.3, -0.25) is 10.1 Å². The fourth-order valence-electron chi connectivity index (χ4n) is 1.00. The number of rotatable bonds is 2. The molecular weight excluding hydrogens is 248 g/mol. The monoisotopic (exact) mass is 254 g/mol. The van der Waals surface area contributed by atoms with Gasteiger partial charge in [-0.25, -0.2) is 6.57 Å². The largest absolute Gasteiger partial charge is 0.309 e. The Hall–Kier alpha value is -1.41. The van der Waals surface area contributed by atoms with Crippen molar-refractivity contribution in [1.29, 1.82) is 0 Å². The van der Waals surface area contributed by atoms with Crippen molar-refractivity contribution in [1.82, 2.24) is 0 Å². The molecule has 72 valence electrons. The minimum atomic E-state index is -0.468. The maximum Gasteiger partial charge on any atom is 0.284 e. The molecule has 1 unspecified atom stereocenters. The molecule has 0 aliphatic rings. The van der Waals surface area contributed by atoms with Gasteiger partial charge in [-0.2, -0.15) is 0 Å². The molecule has 5 heteroatoms. The molecule has 0 aliphatic carbocycles. The number of halogens is 1. The van der Waals surface area contributed by atoms with Gasteiger partial charge in [-0.15, -0.1) is 0 Å². The molecular formula is C9H7BrN2O2. The predicted molar refractivity (Wildman–Crippen MR) is 55.8 cm³/mol. The fraction of sp³-hybridized carbons (Fsp3) is 0.222. The maximum absolute atomic E-state index is 10.6. The Labute approximate surface area is 89.6 Å². The molecule has 1 rings (SSSR count). The molecule has 0 radical (unpaired) electrons. The topological polar surface area (TPSA) is 47.5 Å². The van der Waals surface area contributed by atoms with E-state index in [0.29, 0.717) is 10.0 Å². The van der Waals surface area contributed by atoms with Gasteiger partial charge in [0.1, 0.15) is 0 Å². The van der Waals surface area contributed by atoms with Gasteiger partial charge in [0.05, 0.1) is 9.40 Å². The molecule has 0 aromatic heterocycles. The van der Waals surface area contributed by atoms with Crippen LogP contribution in [0.3, 0.4) is 0 Å². The Balaban J connectivity index is 3.21. The predicted octanol–water partition coefficient (Wildman–Crippen LogP) is 3.34. The molecule has 14 heavy (non-hydrogen) atoms. The van der Waals surface area contributed by atoms with Crippen LogP contribution in [-0.2, 0) is 0 Å². The number of hydrogen-bond donors (Lipinski definition) is 0. The molecule has 0 aliphatic heterocycles. The first-order valence-corrected chi connectivity index (χ1v) is 4.66. The van der Waals surface area contributed by atoms with Crippen LogP contribution in [0.4, 0.5) is 5.69 Å². The van der Waals surface area contributed by atoms with Crippen LogP contribution in [0.2, 0.25) is 0 Å². The Morgan fingerprint density at radius 1 is 1.64 bits per heavy atom. The van der Waals surface area contributed by atoms with Crippen molar-refractivity contribution >= 4 is 21.6 Å². The van der Waals surface area contributed by atoms with Crippen LogP contribution in [0, 0.1) is 16.7 Å². The SMILES string of the molecule is [C-]#[N+]C(C)c1ccc(Br)c([N+](=O)[O-])c1. The van der Waals surface area contributed by atoms with E-state index in [1.165, 1.54) is 6.07 Å². The average Bonchev–Trinajstić information content (AvgIpc) is 2.17. The van der Waals surface area contributed by atoms with E-state index in [2.05, 4.69) is 20.8 Å². The van der Waals surface area contributed by atoms with Crippen molar-refractivity contribution in [3.63, 3.8) is 0 Å². The highest BCUT2D eigenvalue weighted by atomic mass is 79.9. The van der Waals surface area contributed by atoms with E-state index < -0.39 is 4.92 Å². The van der Waals surface area contributed by atoms with E-state index in [1.54, 1.807) is 19.1 Å². The quantitative estimate of drug-likeness (QED) is 0.462. The normalized spacial score (nSPS) is 11.8. The number of nitrogens with zero attached hydrogens (tertiary/aromatic N) is 2. The van der Waals surface area contributed by atoms with Gasteiger partial charge < -0.3 is 4.85 Å². The van der Waals surface area contributed by atoms with Crippen LogP contribution in [0.1, 0.15) is 18.5 Å². The lowest BCUT2D eigenvalue weighted by molar-refractivity contribution is -0.385.